The van der Waals surface area contributed by atoms with Crippen molar-refractivity contribution in [1.29, 1.82) is 0 Å². The van der Waals surface area contributed by atoms with Gasteiger partial charge in [-0.1, -0.05) is 48.5 Å². The molecule has 4 rings (SSSR count). The Hall–Kier alpha value is -2.89. The second kappa shape index (κ2) is 9.74. The van der Waals surface area contributed by atoms with Crippen LogP contribution in [0.3, 0.4) is 0 Å². The van der Waals surface area contributed by atoms with E-state index in [4.69, 9.17) is 18.9 Å². The number of hydrogen-bond acceptors (Lipinski definition) is 4. The van der Waals surface area contributed by atoms with Gasteiger partial charge in [0.1, 0.15) is 18.5 Å². The molecular formula is C25H25FO4. The van der Waals surface area contributed by atoms with Crippen molar-refractivity contribution < 1.29 is 23.3 Å². The molecule has 1 heterocycles. The molecule has 1 aliphatic rings. The number of ether oxygens (including phenoxy) is 4. The third-order valence-corrected chi connectivity index (χ3v) is 4.93. The third-order valence-electron chi connectivity index (χ3n) is 4.93. The molecule has 0 aromatic heterocycles. The fourth-order valence-corrected chi connectivity index (χ4v) is 3.40. The van der Waals surface area contributed by atoms with Crippen molar-refractivity contribution in [3.63, 3.8) is 0 Å². The molecule has 30 heavy (non-hydrogen) atoms. The molecule has 2 atom stereocenters. The summed E-state index contributed by atoms with van der Waals surface area (Å²) in [5.41, 5.74) is 2.90. The van der Waals surface area contributed by atoms with Gasteiger partial charge in [0, 0.05) is 6.61 Å². The molecule has 0 radical (unpaired) electrons. The Labute approximate surface area is 176 Å². The monoisotopic (exact) mass is 408 g/mol. The Morgan fingerprint density at radius 2 is 1.77 bits per heavy atom. The zero-order valence-electron chi connectivity index (χ0n) is 16.9. The van der Waals surface area contributed by atoms with Gasteiger partial charge in [-0.05, 0) is 47.9 Å². The fourth-order valence-electron chi connectivity index (χ4n) is 3.40. The first-order valence-electron chi connectivity index (χ1n) is 10.1. The van der Waals surface area contributed by atoms with E-state index in [0.29, 0.717) is 32.2 Å². The first-order valence-corrected chi connectivity index (χ1v) is 10.1. The van der Waals surface area contributed by atoms with E-state index in [2.05, 4.69) is 0 Å². The van der Waals surface area contributed by atoms with E-state index >= 15 is 0 Å². The lowest BCUT2D eigenvalue weighted by Gasteiger charge is -2.28. The average Bonchev–Trinajstić information content (AvgIpc) is 2.79. The molecule has 0 amide bonds. The van der Waals surface area contributed by atoms with Crippen LogP contribution < -0.4 is 9.47 Å². The van der Waals surface area contributed by atoms with Crippen LogP contribution in [0.2, 0.25) is 0 Å². The lowest BCUT2D eigenvalue weighted by molar-refractivity contribution is 0.0122. The largest absolute Gasteiger partial charge is 0.486 e. The lowest BCUT2D eigenvalue weighted by Crippen LogP contribution is -2.33. The van der Waals surface area contributed by atoms with Gasteiger partial charge in [-0.15, -0.1) is 0 Å². The Morgan fingerprint density at radius 3 is 2.53 bits per heavy atom. The highest BCUT2D eigenvalue weighted by molar-refractivity contribution is 5.46. The van der Waals surface area contributed by atoms with E-state index in [1.807, 2.05) is 55.5 Å². The summed E-state index contributed by atoms with van der Waals surface area (Å²) in [5, 5.41) is 0. The first kappa shape index (κ1) is 20.4. The van der Waals surface area contributed by atoms with Crippen LogP contribution in [0.5, 0.6) is 11.5 Å². The summed E-state index contributed by atoms with van der Waals surface area (Å²) < 4.78 is 36.9. The van der Waals surface area contributed by atoms with Crippen molar-refractivity contribution in [3.8, 4) is 11.5 Å². The van der Waals surface area contributed by atoms with Crippen molar-refractivity contribution in [2.75, 3.05) is 19.8 Å². The molecule has 0 spiro atoms. The summed E-state index contributed by atoms with van der Waals surface area (Å²) in [4.78, 5) is 0. The van der Waals surface area contributed by atoms with Gasteiger partial charge in [0.05, 0.1) is 13.2 Å². The molecule has 0 fully saturated rings. The smallest absolute Gasteiger partial charge is 0.162 e. The summed E-state index contributed by atoms with van der Waals surface area (Å²) in [6.07, 6.45) is -0.430. The lowest BCUT2D eigenvalue weighted by atomic mass is 10.0. The maximum atomic E-state index is 13.2. The summed E-state index contributed by atoms with van der Waals surface area (Å²) in [6, 6.07) is 22.2. The molecule has 2 unspecified atom stereocenters. The minimum atomic E-state index is -0.294. The molecule has 0 bridgehead atoms. The molecule has 1 aliphatic heterocycles. The fraction of sp³-hybridized carbons (Fsp3) is 0.280. The summed E-state index contributed by atoms with van der Waals surface area (Å²) in [7, 11) is 0. The van der Waals surface area contributed by atoms with Gasteiger partial charge >= 0.3 is 0 Å². The Bertz CT molecular complexity index is 943. The summed E-state index contributed by atoms with van der Waals surface area (Å²) in [6.45, 7) is 3.92. The normalized spacial score (nSPS) is 16.3. The third kappa shape index (κ3) is 4.99. The second-order valence-electron chi connectivity index (χ2n) is 7.14. The van der Waals surface area contributed by atoms with E-state index in [1.54, 1.807) is 12.1 Å². The number of halogens is 1. The zero-order valence-corrected chi connectivity index (χ0v) is 16.9. The number of hydrogen-bond donors (Lipinski definition) is 0. The minimum Gasteiger partial charge on any atom is -0.486 e. The van der Waals surface area contributed by atoms with Gasteiger partial charge in [0.15, 0.2) is 17.6 Å². The van der Waals surface area contributed by atoms with E-state index in [1.165, 1.54) is 12.1 Å². The standard InChI is InChI=1S/C25H25FO4/c1-2-27-16-22-17-28-23-13-10-20(14-24(23)30-22)25(19-6-4-3-5-7-19)29-15-18-8-11-21(26)12-9-18/h3-14,22,25H,2,15-17H2,1H3. The first-order chi connectivity index (χ1) is 14.7. The number of fused-ring (bicyclic) bond motifs is 1. The topological polar surface area (TPSA) is 36.9 Å². The SMILES string of the molecule is CCOCC1COc2ccc(C(OCc3ccc(F)cc3)c3ccccc3)cc2O1. The Morgan fingerprint density at radius 1 is 0.967 bits per heavy atom. The molecule has 3 aromatic carbocycles. The molecule has 0 N–H and O–H groups in total. The van der Waals surface area contributed by atoms with Crippen LogP contribution in [0, 0.1) is 5.82 Å². The molecule has 3 aromatic rings. The maximum Gasteiger partial charge on any atom is 0.162 e. The molecule has 0 saturated heterocycles. The quantitative estimate of drug-likeness (QED) is 0.506. The Kier molecular flexibility index (Phi) is 6.62. The van der Waals surface area contributed by atoms with Gasteiger partial charge in [0.2, 0.25) is 0 Å². The van der Waals surface area contributed by atoms with Crippen molar-refractivity contribution in [2.45, 2.75) is 25.7 Å². The van der Waals surface area contributed by atoms with E-state index < -0.39 is 0 Å². The summed E-state index contributed by atoms with van der Waals surface area (Å²) in [5.74, 6) is 1.15. The Balaban J connectivity index is 1.57. The molecule has 4 nitrogen and oxygen atoms in total. The van der Waals surface area contributed by atoms with Crippen LogP contribution in [-0.4, -0.2) is 25.9 Å². The van der Waals surface area contributed by atoms with Crippen LogP contribution in [0.25, 0.3) is 0 Å². The minimum absolute atomic E-state index is 0.136. The van der Waals surface area contributed by atoms with E-state index in [0.717, 1.165) is 22.4 Å². The summed E-state index contributed by atoms with van der Waals surface area (Å²) >= 11 is 0. The van der Waals surface area contributed by atoms with Gasteiger partial charge in [-0.25, -0.2) is 4.39 Å². The van der Waals surface area contributed by atoms with Crippen LogP contribution in [-0.2, 0) is 16.1 Å². The van der Waals surface area contributed by atoms with Crippen molar-refractivity contribution >= 4 is 0 Å². The van der Waals surface area contributed by atoms with E-state index in [9.17, 15) is 4.39 Å². The highest BCUT2D eigenvalue weighted by atomic mass is 19.1. The van der Waals surface area contributed by atoms with Crippen LogP contribution in [0.1, 0.15) is 29.7 Å². The zero-order chi connectivity index (χ0) is 20.8. The predicted octanol–water partition coefficient (Wildman–Crippen LogP) is 5.31. The highest BCUT2D eigenvalue weighted by Crippen LogP contribution is 2.37. The van der Waals surface area contributed by atoms with Crippen LogP contribution in [0.4, 0.5) is 4.39 Å². The number of benzene rings is 3. The van der Waals surface area contributed by atoms with Gasteiger partial charge in [-0.3, -0.25) is 0 Å². The van der Waals surface area contributed by atoms with Gasteiger partial charge in [-0.2, -0.15) is 0 Å². The molecular weight excluding hydrogens is 383 g/mol. The van der Waals surface area contributed by atoms with E-state index in [-0.39, 0.29) is 18.0 Å². The van der Waals surface area contributed by atoms with Gasteiger partial charge < -0.3 is 18.9 Å². The highest BCUT2D eigenvalue weighted by Gasteiger charge is 2.24. The molecule has 5 heteroatoms. The molecule has 0 aliphatic carbocycles. The van der Waals surface area contributed by atoms with Crippen molar-refractivity contribution in [3.05, 3.63) is 95.3 Å². The average molecular weight is 408 g/mol. The van der Waals surface area contributed by atoms with Gasteiger partial charge in [0.25, 0.3) is 0 Å². The van der Waals surface area contributed by atoms with Crippen molar-refractivity contribution in [1.82, 2.24) is 0 Å². The van der Waals surface area contributed by atoms with Crippen molar-refractivity contribution in [2.24, 2.45) is 0 Å². The molecule has 0 saturated carbocycles. The molecule has 156 valence electrons. The maximum absolute atomic E-state index is 13.2. The van der Waals surface area contributed by atoms with Crippen LogP contribution in [0.15, 0.2) is 72.8 Å². The number of rotatable bonds is 8. The second-order valence-corrected chi connectivity index (χ2v) is 7.14. The predicted molar refractivity (Wildman–Crippen MR) is 112 cm³/mol. The van der Waals surface area contributed by atoms with Crippen LogP contribution >= 0.6 is 0 Å².